The van der Waals surface area contributed by atoms with Gasteiger partial charge in [-0.05, 0) is 5.56 Å². The van der Waals surface area contributed by atoms with Crippen LogP contribution in [0.2, 0.25) is 0 Å². The summed E-state index contributed by atoms with van der Waals surface area (Å²) < 4.78 is 0. The Morgan fingerprint density at radius 1 is 1.26 bits per heavy atom. The van der Waals surface area contributed by atoms with Gasteiger partial charge < -0.3 is 0 Å². The molecule has 0 unspecified atom stereocenters. The topological polar surface area (TPSA) is 87.6 Å². The first kappa shape index (κ1) is 15.3. The van der Waals surface area contributed by atoms with Crippen LogP contribution in [0.3, 0.4) is 0 Å². The van der Waals surface area contributed by atoms with Gasteiger partial charge in [-0.25, -0.2) is 5.01 Å². The fourth-order valence-electron chi connectivity index (χ4n) is 2.15. The predicted octanol–water partition coefficient (Wildman–Crippen LogP) is 1.68. The van der Waals surface area contributed by atoms with Crippen molar-refractivity contribution in [1.82, 2.24) is 15.2 Å². The number of amides is 2. The second-order valence-electron chi connectivity index (χ2n) is 5.08. The Balaban J connectivity index is 1.64. The summed E-state index contributed by atoms with van der Waals surface area (Å²) in [5.74, 6) is -0.436. The van der Waals surface area contributed by atoms with Gasteiger partial charge in [0.05, 0.1) is 0 Å². The van der Waals surface area contributed by atoms with Crippen molar-refractivity contribution in [2.75, 3.05) is 12.4 Å². The molecule has 0 saturated heterocycles. The van der Waals surface area contributed by atoms with Crippen molar-refractivity contribution in [3.05, 3.63) is 40.9 Å². The lowest BCUT2D eigenvalue weighted by Crippen LogP contribution is -2.34. The van der Waals surface area contributed by atoms with Crippen LogP contribution in [0.25, 0.3) is 0 Å². The van der Waals surface area contributed by atoms with E-state index in [4.69, 9.17) is 0 Å². The van der Waals surface area contributed by atoms with Crippen molar-refractivity contribution in [1.29, 1.82) is 0 Å². The van der Waals surface area contributed by atoms with Gasteiger partial charge in [-0.2, -0.15) is 5.10 Å². The summed E-state index contributed by atoms with van der Waals surface area (Å²) in [6.45, 7) is 0. The van der Waals surface area contributed by atoms with E-state index in [2.05, 4.69) is 20.6 Å². The summed E-state index contributed by atoms with van der Waals surface area (Å²) in [6.07, 6.45) is 1.30. The molecule has 0 fully saturated rings. The van der Waals surface area contributed by atoms with E-state index in [9.17, 15) is 9.59 Å². The average Bonchev–Trinajstić information content (AvgIpc) is 2.98. The van der Waals surface area contributed by atoms with E-state index < -0.39 is 0 Å². The third-order valence-electron chi connectivity index (χ3n) is 3.35. The molecule has 8 heteroatoms. The number of nitrogens with one attached hydrogen (secondary N) is 1. The standard InChI is InChI=1S/C15H15N5O2S/c1-20-13(21)8-7-11(19-20)14(22)16-15-18-17-12(23-15)9-10-5-3-2-4-6-10/h2-6H,7-9H2,1H3,(H,16,18,22). The molecule has 23 heavy (non-hydrogen) atoms. The molecule has 1 aromatic heterocycles. The van der Waals surface area contributed by atoms with Crippen molar-refractivity contribution in [2.24, 2.45) is 5.10 Å². The minimum Gasteiger partial charge on any atom is -0.295 e. The number of nitrogens with zero attached hydrogens (tertiary/aromatic N) is 4. The van der Waals surface area contributed by atoms with Crippen LogP contribution in [0.4, 0.5) is 5.13 Å². The maximum atomic E-state index is 12.1. The normalized spacial score (nSPS) is 14.6. The van der Waals surface area contributed by atoms with E-state index >= 15 is 0 Å². The number of hydrogen-bond donors (Lipinski definition) is 1. The lowest BCUT2D eigenvalue weighted by Gasteiger charge is -2.18. The molecule has 0 atom stereocenters. The molecule has 0 aliphatic carbocycles. The van der Waals surface area contributed by atoms with Crippen LogP contribution in [-0.4, -0.2) is 39.8 Å². The number of benzene rings is 1. The van der Waals surface area contributed by atoms with Crippen LogP contribution in [-0.2, 0) is 16.0 Å². The van der Waals surface area contributed by atoms with Crippen molar-refractivity contribution >= 4 is 34.0 Å². The molecule has 1 aliphatic heterocycles. The van der Waals surface area contributed by atoms with Crippen molar-refractivity contribution in [3.8, 4) is 0 Å². The second-order valence-corrected chi connectivity index (χ2v) is 6.14. The van der Waals surface area contributed by atoms with Gasteiger partial charge in [0.25, 0.3) is 5.91 Å². The summed E-state index contributed by atoms with van der Waals surface area (Å²) in [5, 5.41) is 17.2. The number of carbonyl (C=O) groups is 2. The molecule has 7 nitrogen and oxygen atoms in total. The zero-order valence-electron chi connectivity index (χ0n) is 12.5. The summed E-state index contributed by atoms with van der Waals surface area (Å²) in [6, 6.07) is 9.94. The Labute approximate surface area is 137 Å². The highest BCUT2D eigenvalue weighted by atomic mass is 32.1. The van der Waals surface area contributed by atoms with Gasteiger partial charge in [-0.1, -0.05) is 41.7 Å². The summed E-state index contributed by atoms with van der Waals surface area (Å²) in [4.78, 5) is 23.5. The zero-order chi connectivity index (χ0) is 16.2. The van der Waals surface area contributed by atoms with E-state index in [1.807, 2.05) is 30.3 Å². The van der Waals surface area contributed by atoms with Gasteiger partial charge in [0, 0.05) is 26.3 Å². The highest BCUT2D eigenvalue weighted by Crippen LogP contribution is 2.19. The Morgan fingerprint density at radius 2 is 2.04 bits per heavy atom. The molecule has 1 aliphatic rings. The molecule has 118 valence electrons. The van der Waals surface area contributed by atoms with Crippen LogP contribution in [0.1, 0.15) is 23.4 Å². The zero-order valence-corrected chi connectivity index (χ0v) is 13.3. The van der Waals surface area contributed by atoms with Crippen molar-refractivity contribution < 1.29 is 9.59 Å². The molecule has 2 heterocycles. The molecular formula is C15H15N5O2S. The molecule has 3 rings (SSSR count). The maximum absolute atomic E-state index is 12.1. The van der Waals surface area contributed by atoms with Crippen LogP contribution < -0.4 is 5.32 Å². The highest BCUT2D eigenvalue weighted by molar-refractivity contribution is 7.15. The predicted molar refractivity (Wildman–Crippen MR) is 87.2 cm³/mol. The number of aromatic nitrogens is 2. The van der Waals surface area contributed by atoms with Gasteiger partial charge in [0.1, 0.15) is 10.7 Å². The minimum atomic E-state index is -0.341. The molecule has 1 N–H and O–H groups in total. The van der Waals surface area contributed by atoms with Crippen LogP contribution in [0.15, 0.2) is 35.4 Å². The summed E-state index contributed by atoms with van der Waals surface area (Å²) in [7, 11) is 1.54. The van der Waals surface area contributed by atoms with Crippen LogP contribution in [0.5, 0.6) is 0 Å². The molecule has 0 radical (unpaired) electrons. The van der Waals surface area contributed by atoms with Crippen LogP contribution >= 0.6 is 11.3 Å². The Bertz CT molecular complexity index is 756. The third-order valence-corrected chi connectivity index (χ3v) is 4.19. The van der Waals surface area contributed by atoms with E-state index in [1.54, 1.807) is 0 Å². The minimum absolute atomic E-state index is 0.0948. The van der Waals surface area contributed by atoms with Gasteiger partial charge in [-0.15, -0.1) is 10.2 Å². The Hall–Kier alpha value is -2.61. The number of carbonyl (C=O) groups excluding carboxylic acids is 2. The maximum Gasteiger partial charge on any atom is 0.273 e. The van der Waals surface area contributed by atoms with Crippen molar-refractivity contribution in [3.63, 3.8) is 0 Å². The largest absolute Gasteiger partial charge is 0.295 e. The van der Waals surface area contributed by atoms with Gasteiger partial charge in [0.15, 0.2) is 0 Å². The number of anilines is 1. The molecule has 0 spiro atoms. The van der Waals surface area contributed by atoms with E-state index in [0.29, 0.717) is 23.7 Å². The van der Waals surface area contributed by atoms with Crippen LogP contribution in [0, 0.1) is 0 Å². The van der Waals surface area contributed by atoms with E-state index in [-0.39, 0.29) is 18.2 Å². The number of hydrazone groups is 1. The lowest BCUT2D eigenvalue weighted by atomic mass is 10.1. The smallest absolute Gasteiger partial charge is 0.273 e. The quantitative estimate of drug-likeness (QED) is 0.924. The Morgan fingerprint density at radius 3 is 2.78 bits per heavy atom. The third kappa shape index (κ3) is 3.78. The summed E-state index contributed by atoms with van der Waals surface area (Å²) in [5.41, 5.74) is 1.46. The number of hydrogen-bond acceptors (Lipinski definition) is 6. The molecule has 2 amide bonds. The van der Waals surface area contributed by atoms with Gasteiger partial charge in [-0.3, -0.25) is 14.9 Å². The Kier molecular flexibility index (Phi) is 4.42. The fraction of sp³-hybridized carbons (Fsp3) is 0.267. The number of rotatable bonds is 4. The molecule has 0 saturated carbocycles. The second kappa shape index (κ2) is 6.66. The van der Waals surface area contributed by atoms with E-state index in [0.717, 1.165) is 10.6 Å². The first-order valence-electron chi connectivity index (χ1n) is 7.13. The summed E-state index contributed by atoms with van der Waals surface area (Å²) >= 11 is 1.33. The van der Waals surface area contributed by atoms with Crippen molar-refractivity contribution in [2.45, 2.75) is 19.3 Å². The van der Waals surface area contributed by atoms with Gasteiger partial charge >= 0.3 is 0 Å². The average molecular weight is 329 g/mol. The first-order valence-corrected chi connectivity index (χ1v) is 7.95. The van der Waals surface area contributed by atoms with E-state index in [1.165, 1.54) is 23.4 Å². The lowest BCUT2D eigenvalue weighted by molar-refractivity contribution is -0.130. The first-order chi connectivity index (χ1) is 11.1. The fourth-order valence-corrected chi connectivity index (χ4v) is 2.92. The molecule has 1 aromatic carbocycles. The molecular weight excluding hydrogens is 314 g/mol. The highest BCUT2D eigenvalue weighted by Gasteiger charge is 2.22. The van der Waals surface area contributed by atoms with Gasteiger partial charge in [0.2, 0.25) is 11.0 Å². The molecule has 2 aromatic rings. The molecule has 0 bridgehead atoms. The SMILES string of the molecule is CN1N=C(C(=O)Nc2nnc(Cc3ccccc3)s2)CCC1=O. The monoisotopic (exact) mass is 329 g/mol.